The number of nitrogens with one attached hydrogen (secondary N) is 1. The molecule has 0 aromatic carbocycles. The maximum Gasteiger partial charge on any atom is 0.335 e. The van der Waals surface area contributed by atoms with Gasteiger partial charge in [-0.1, -0.05) is 6.07 Å². The molecule has 29 heavy (non-hydrogen) atoms. The fourth-order valence-corrected chi connectivity index (χ4v) is 3.31. The predicted molar refractivity (Wildman–Crippen MR) is 106 cm³/mol. The molecule has 8 nitrogen and oxygen atoms in total. The second kappa shape index (κ2) is 7.16. The van der Waals surface area contributed by atoms with Crippen LogP contribution in [0.1, 0.15) is 17.0 Å². The van der Waals surface area contributed by atoms with E-state index in [1.54, 1.807) is 6.20 Å². The van der Waals surface area contributed by atoms with E-state index in [0.717, 1.165) is 22.1 Å². The van der Waals surface area contributed by atoms with E-state index in [1.807, 2.05) is 42.7 Å². The summed E-state index contributed by atoms with van der Waals surface area (Å²) in [6.07, 6.45) is 6.13. The Bertz CT molecular complexity index is 1150. The number of imide groups is 2. The van der Waals surface area contributed by atoms with Crippen LogP contribution >= 0.6 is 0 Å². The van der Waals surface area contributed by atoms with Crippen molar-refractivity contribution in [3.63, 3.8) is 0 Å². The molecule has 4 rings (SSSR count). The smallest absolute Gasteiger partial charge is 0.303 e. The van der Waals surface area contributed by atoms with Gasteiger partial charge in [-0.25, -0.2) is 14.7 Å². The number of rotatable bonds is 3. The summed E-state index contributed by atoms with van der Waals surface area (Å²) in [5.74, 6) is -0.680. The Morgan fingerprint density at radius 1 is 1.00 bits per heavy atom. The van der Waals surface area contributed by atoms with Gasteiger partial charge in [0.1, 0.15) is 11.4 Å². The standard InChI is InChI=1S/C21H17N5O3/c1-13-11-15(14(2)25(13)18-5-3-4-8-23-18)12-17-19(27)24-21(29)26(20(17)28)16-6-9-22-10-7-16/h3-12H,1-2H3,(H,24,27,29)/b17-12+. The summed E-state index contributed by atoms with van der Waals surface area (Å²) >= 11 is 0. The highest BCUT2D eigenvalue weighted by Crippen LogP contribution is 2.25. The molecule has 8 heteroatoms. The molecule has 1 saturated heterocycles. The molecule has 1 fully saturated rings. The second-order valence-electron chi connectivity index (χ2n) is 6.51. The Kier molecular flexibility index (Phi) is 4.52. The van der Waals surface area contributed by atoms with Gasteiger partial charge in [0.05, 0.1) is 5.69 Å². The van der Waals surface area contributed by atoms with Gasteiger partial charge in [0, 0.05) is 30.0 Å². The van der Waals surface area contributed by atoms with E-state index in [-0.39, 0.29) is 5.57 Å². The highest BCUT2D eigenvalue weighted by atomic mass is 16.2. The van der Waals surface area contributed by atoms with Crippen molar-refractivity contribution in [1.82, 2.24) is 19.9 Å². The number of aryl methyl sites for hydroxylation is 1. The van der Waals surface area contributed by atoms with E-state index in [1.165, 1.54) is 30.6 Å². The molecule has 0 atom stereocenters. The first kappa shape index (κ1) is 18.3. The number of anilines is 1. The van der Waals surface area contributed by atoms with Crippen LogP contribution in [0.15, 0.2) is 60.6 Å². The van der Waals surface area contributed by atoms with E-state index in [4.69, 9.17) is 0 Å². The number of aromatic nitrogens is 3. The minimum atomic E-state index is -0.790. The quantitative estimate of drug-likeness (QED) is 0.550. The van der Waals surface area contributed by atoms with Gasteiger partial charge in [-0.05, 0) is 55.8 Å². The van der Waals surface area contributed by atoms with Gasteiger partial charge in [-0.15, -0.1) is 0 Å². The molecule has 3 aromatic rings. The van der Waals surface area contributed by atoms with Crippen LogP contribution in [-0.4, -0.2) is 32.4 Å². The number of carbonyl (C=O) groups is 3. The third-order valence-electron chi connectivity index (χ3n) is 4.67. The minimum absolute atomic E-state index is 0.123. The lowest BCUT2D eigenvalue weighted by molar-refractivity contribution is -0.122. The van der Waals surface area contributed by atoms with E-state index in [2.05, 4.69) is 15.3 Å². The molecule has 4 amide bonds. The molecular formula is C21H17N5O3. The maximum atomic E-state index is 13.0. The molecule has 0 unspecified atom stereocenters. The first-order valence-electron chi connectivity index (χ1n) is 8.89. The van der Waals surface area contributed by atoms with E-state index in [0.29, 0.717) is 11.3 Å². The fraction of sp³-hybridized carbons (Fsp3) is 0.0952. The third-order valence-corrected chi connectivity index (χ3v) is 4.67. The van der Waals surface area contributed by atoms with Crippen molar-refractivity contribution < 1.29 is 14.4 Å². The van der Waals surface area contributed by atoms with Crippen molar-refractivity contribution in [2.45, 2.75) is 13.8 Å². The molecule has 1 N–H and O–H groups in total. The number of hydrogen-bond acceptors (Lipinski definition) is 5. The van der Waals surface area contributed by atoms with Crippen molar-refractivity contribution in [3.05, 3.63) is 77.5 Å². The van der Waals surface area contributed by atoms with Gasteiger partial charge in [0.25, 0.3) is 11.8 Å². The zero-order chi connectivity index (χ0) is 20.5. The Morgan fingerprint density at radius 2 is 1.76 bits per heavy atom. The molecule has 0 bridgehead atoms. The van der Waals surface area contributed by atoms with Crippen molar-refractivity contribution in [1.29, 1.82) is 0 Å². The molecule has 1 aliphatic heterocycles. The van der Waals surface area contributed by atoms with Gasteiger partial charge in [0.2, 0.25) is 0 Å². The van der Waals surface area contributed by atoms with Crippen LogP contribution in [0.4, 0.5) is 10.5 Å². The summed E-state index contributed by atoms with van der Waals surface area (Å²) in [6, 6.07) is 9.72. The molecule has 144 valence electrons. The number of amides is 4. The average Bonchev–Trinajstić information content (AvgIpc) is 2.99. The molecular weight excluding hydrogens is 370 g/mol. The van der Waals surface area contributed by atoms with Gasteiger partial charge in [0.15, 0.2) is 0 Å². The molecule has 1 aliphatic rings. The highest BCUT2D eigenvalue weighted by molar-refractivity contribution is 6.39. The summed E-state index contributed by atoms with van der Waals surface area (Å²) in [5, 5.41) is 2.22. The highest BCUT2D eigenvalue weighted by Gasteiger charge is 2.37. The molecule has 3 aromatic heterocycles. The summed E-state index contributed by atoms with van der Waals surface area (Å²) in [5.41, 5.74) is 2.62. The topological polar surface area (TPSA) is 97.2 Å². The van der Waals surface area contributed by atoms with Crippen LogP contribution in [0.2, 0.25) is 0 Å². The van der Waals surface area contributed by atoms with E-state index < -0.39 is 17.8 Å². The van der Waals surface area contributed by atoms with Crippen LogP contribution in [0, 0.1) is 13.8 Å². The summed E-state index contributed by atoms with van der Waals surface area (Å²) in [7, 11) is 0. The van der Waals surface area contributed by atoms with Gasteiger partial charge < -0.3 is 4.57 Å². The normalized spacial score (nSPS) is 15.7. The predicted octanol–water partition coefficient (Wildman–Crippen LogP) is 2.55. The number of urea groups is 1. The summed E-state index contributed by atoms with van der Waals surface area (Å²) < 4.78 is 1.93. The van der Waals surface area contributed by atoms with Crippen molar-refractivity contribution in [2.75, 3.05) is 4.90 Å². The Morgan fingerprint density at radius 3 is 2.45 bits per heavy atom. The lowest BCUT2D eigenvalue weighted by atomic mass is 10.1. The summed E-state index contributed by atoms with van der Waals surface area (Å²) in [6.45, 7) is 3.80. The van der Waals surface area contributed by atoms with Gasteiger partial charge in [-0.3, -0.25) is 19.9 Å². The molecule has 0 spiro atoms. The molecule has 0 radical (unpaired) electrons. The van der Waals surface area contributed by atoms with E-state index in [9.17, 15) is 14.4 Å². The lowest BCUT2D eigenvalue weighted by Crippen LogP contribution is -2.54. The Labute approximate surface area is 166 Å². The maximum absolute atomic E-state index is 13.0. The van der Waals surface area contributed by atoms with Crippen molar-refractivity contribution >= 4 is 29.6 Å². The molecule has 4 heterocycles. The second-order valence-corrected chi connectivity index (χ2v) is 6.51. The zero-order valence-electron chi connectivity index (χ0n) is 15.8. The number of carbonyl (C=O) groups excluding carboxylic acids is 3. The average molecular weight is 387 g/mol. The van der Waals surface area contributed by atoms with Crippen LogP contribution < -0.4 is 10.2 Å². The Balaban J connectivity index is 1.77. The number of barbiturate groups is 1. The zero-order valence-corrected chi connectivity index (χ0v) is 15.8. The third kappa shape index (κ3) is 3.20. The largest absolute Gasteiger partial charge is 0.335 e. The monoisotopic (exact) mass is 387 g/mol. The first-order chi connectivity index (χ1) is 14.0. The minimum Gasteiger partial charge on any atom is -0.303 e. The first-order valence-corrected chi connectivity index (χ1v) is 8.89. The van der Waals surface area contributed by atoms with Crippen molar-refractivity contribution in [3.8, 4) is 5.82 Å². The van der Waals surface area contributed by atoms with Crippen LogP contribution in [-0.2, 0) is 9.59 Å². The summed E-state index contributed by atoms with van der Waals surface area (Å²) in [4.78, 5) is 46.8. The fourth-order valence-electron chi connectivity index (χ4n) is 3.31. The van der Waals surface area contributed by atoms with Gasteiger partial charge >= 0.3 is 6.03 Å². The lowest BCUT2D eigenvalue weighted by Gasteiger charge is -2.26. The molecule has 0 aliphatic carbocycles. The number of pyridine rings is 2. The van der Waals surface area contributed by atoms with Crippen LogP contribution in [0.3, 0.4) is 0 Å². The number of nitrogens with zero attached hydrogens (tertiary/aromatic N) is 4. The van der Waals surface area contributed by atoms with Crippen molar-refractivity contribution in [2.24, 2.45) is 0 Å². The Hall–Kier alpha value is -4.07. The molecule has 0 saturated carbocycles. The van der Waals surface area contributed by atoms with Gasteiger partial charge in [-0.2, -0.15) is 0 Å². The van der Waals surface area contributed by atoms with E-state index >= 15 is 0 Å². The van der Waals surface area contributed by atoms with Crippen LogP contribution in [0.5, 0.6) is 0 Å². The SMILES string of the molecule is Cc1cc(/C=C2\C(=O)NC(=O)N(c3ccncc3)C2=O)c(C)n1-c1ccccn1. The van der Waals surface area contributed by atoms with Crippen LogP contribution in [0.25, 0.3) is 11.9 Å². The number of hydrogen-bond donors (Lipinski definition) is 1.